The molecule has 0 saturated heterocycles. The summed E-state index contributed by atoms with van der Waals surface area (Å²) < 4.78 is 12.3. The van der Waals surface area contributed by atoms with Crippen molar-refractivity contribution in [3.8, 4) is 0 Å². The van der Waals surface area contributed by atoms with Crippen LogP contribution in [0.15, 0.2) is 22.6 Å². The van der Waals surface area contributed by atoms with Gasteiger partial charge in [-0.2, -0.15) is 0 Å². The molecule has 4 heteroatoms. The maximum Gasteiger partial charge on any atom is 0.0795 e. The van der Waals surface area contributed by atoms with Crippen LogP contribution in [0.4, 0.5) is 0 Å². The number of nitrogens with zero attached hydrogens (tertiary/aromatic N) is 1. The van der Waals surface area contributed by atoms with Crippen molar-refractivity contribution in [3.05, 3.63) is 22.6 Å². The van der Waals surface area contributed by atoms with Crippen LogP contribution in [0.3, 0.4) is 0 Å². The molecule has 0 N–H and O–H groups in total. The standard InChI is InChI=1S/C14H25NOS2/c1-4-5-11-17-14(15(2)3)12-18(16)13-9-7-6-8-10-13/h4-5,12-13H,6-11H2,1-3H3/b5-4+,14-12-/t18-/m1/s1. The zero-order chi connectivity index (χ0) is 13.4. The number of rotatable bonds is 6. The Labute approximate surface area is 118 Å². The minimum Gasteiger partial charge on any atom is -0.372 e. The van der Waals surface area contributed by atoms with Crippen molar-refractivity contribution >= 4 is 22.6 Å². The molecule has 1 aliphatic carbocycles. The van der Waals surface area contributed by atoms with E-state index in [-0.39, 0.29) is 0 Å². The molecule has 0 spiro atoms. The van der Waals surface area contributed by atoms with Gasteiger partial charge >= 0.3 is 0 Å². The molecule has 0 aromatic heterocycles. The first-order valence-corrected chi connectivity index (χ1v) is 8.93. The first-order valence-electron chi connectivity index (χ1n) is 6.67. The summed E-state index contributed by atoms with van der Waals surface area (Å²) in [5.74, 6) is 0.947. The van der Waals surface area contributed by atoms with Gasteiger partial charge in [0.2, 0.25) is 0 Å². The number of thioether (sulfide) groups is 1. The Morgan fingerprint density at radius 3 is 2.56 bits per heavy atom. The second-order valence-corrected chi connectivity index (χ2v) is 7.42. The van der Waals surface area contributed by atoms with E-state index in [0.29, 0.717) is 5.25 Å². The average molecular weight is 287 g/mol. The van der Waals surface area contributed by atoms with Gasteiger partial charge in [-0.05, 0) is 19.8 Å². The maximum absolute atomic E-state index is 12.3. The highest BCUT2D eigenvalue weighted by molar-refractivity contribution is 8.03. The molecule has 0 aromatic rings. The SMILES string of the molecule is C/C=C/CS/C(=C\[S@@](=O)C1CCCCC1)N(C)C. The molecule has 0 heterocycles. The van der Waals surface area contributed by atoms with Gasteiger partial charge in [0.15, 0.2) is 0 Å². The number of hydrogen-bond acceptors (Lipinski definition) is 3. The Morgan fingerprint density at radius 2 is 2.00 bits per heavy atom. The Bertz CT molecular complexity index is 318. The van der Waals surface area contributed by atoms with Crippen molar-refractivity contribution in [3.63, 3.8) is 0 Å². The van der Waals surface area contributed by atoms with Crippen molar-refractivity contribution in [2.75, 3.05) is 19.8 Å². The van der Waals surface area contributed by atoms with E-state index in [1.165, 1.54) is 19.3 Å². The van der Waals surface area contributed by atoms with E-state index in [9.17, 15) is 4.21 Å². The van der Waals surface area contributed by atoms with Gasteiger partial charge in [0.1, 0.15) is 0 Å². The summed E-state index contributed by atoms with van der Waals surface area (Å²) in [6.07, 6.45) is 10.2. The van der Waals surface area contributed by atoms with Crippen molar-refractivity contribution in [1.82, 2.24) is 4.90 Å². The van der Waals surface area contributed by atoms with E-state index in [4.69, 9.17) is 0 Å². The summed E-state index contributed by atoms with van der Waals surface area (Å²) in [6, 6.07) is 0. The van der Waals surface area contributed by atoms with Crippen LogP contribution in [0.2, 0.25) is 0 Å². The third-order valence-electron chi connectivity index (χ3n) is 3.10. The summed E-state index contributed by atoms with van der Waals surface area (Å²) in [5, 5.41) is 3.47. The van der Waals surface area contributed by atoms with Crippen molar-refractivity contribution in [2.45, 2.75) is 44.3 Å². The molecule has 0 aliphatic heterocycles. The van der Waals surface area contributed by atoms with E-state index in [0.717, 1.165) is 23.6 Å². The smallest absolute Gasteiger partial charge is 0.0795 e. The normalized spacial score (nSPS) is 20.3. The molecule has 0 unspecified atom stereocenters. The van der Waals surface area contributed by atoms with Crippen LogP contribution in [0.5, 0.6) is 0 Å². The monoisotopic (exact) mass is 287 g/mol. The summed E-state index contributed by atoms with van der Waals surface area (Å²) in [5.41, 5.74) is 0. The van der Waals surface area contributed by atoms with Crippen LogP contribution >= 0.6 is 11.8 Å². The van der Waals surface area contributed by atoms with E-state index >= 15 is 0 Å². The van der Waals surface area contributed by atoms with E-state index in [1.54, 1.807) is 11.8 Å². The van der Waals surface area contributed by atoms with Crippen molar-refractivity contribution in [2.24, 2.45) is 0 Å². The van der Waals surface area contributed by atoms with Crippen LogP contribution in [0.25, 0.3) is 0 Å². The molecule has 1 atom stereocenters. The predicted molar refractivity (Wildman–Crippen MR) is 84.1 cm³/mol. The predicted octanol–water partition coefficient (Wildman–Crippen LogP) is 3.74. The van der Waals surface area contributed by atoms with Crippen molar-refractivity contribution < 1.29 is 4.21 Å². The maximum atomic E-state index is 12.3. The summed E-state index contributed by atoms with van der Waals surface area (Å²) in [7, 11) is 3.23. The second-order valence-electron chi connectivity index (χ2n) is 4.82. The summed E-state index contributed by atoms with van der Waals surface area (Å²) in [4.78, 5) is 2.06. The molecular formula is C14H25NOS2. The highest BCUT2D eigenvalue weighted by Crippen LogP contribution is 2.25. The molecule has 104 valence electrons. The quantitative estimate of drug-likeness (QED) is 0.694. The van der Waals surface area contributed by atoms with Gasteiger partial charge in [0, 0.05) is 30.5 Å². The lowest BCUT2D eigenvalue weighted by atomic mass is 10.0. The highest BCUT2D eigenvalue weighted by atomic mass is 32.2. The Balaban J connectivity index is 2.59. The van der Waals surface area contributed by atoms with E-state index in [1.807, 2.05) is 26.4 Å². The molecule has 0 amide bonds. The van der Waals surface area contributed by atoms with Gasteiger partial charge in [0.05, 0.1) is 15.8 Å². The van der Waals surface area contributed by atoms with Crippen LogP contribution in [0.1, 0.15) is 39.0 Å². The average Bonchev–Trinajstić information content (AvgIpc) is 2.38. The van der Waals surface area contributed by atoms with E-state index in [2.05, 4.69) is 17.1 Å². The van der Waals surface area contributed by atoms with Gasteiger partial charge in [-0.3, -0.25) is 4.21 Å². The van der Waals surface area contributed by atoms with E-state index < -0.39 is 10.8 Å². The first-order chi connectivity index (χ1) is 8.65. The van der Waals surface area contributed by atoms with Crippen molar-refractivity contribution in [1.29, 1.82) is 0 Å². The lowest BCUT2D eigenvalue weighted by Gasteiger charge is -2.21. The van der Waals surface area contributed by atoms with Gasteiger partial charge in [-0.1, -0.05) is 31.4 Å². The fraction of sp³-hybridized carbons (Fsp3) is 0.714. The molecule has 18 heavy (non-hydrogen) atoms. The zero-order valence-electron chi connectivity index (χ0n) is 11.7. The minimum absolute atomic E-state index is 0.385. The van der Waals surface area contributed by atoms with Crippen LogP contribution < -0.4 is 0 Å². The molecule has 0 radical (unpaired) electrons. The minimum atomic E-state index is -0.811. The highest BCUT2D eigenvalue weighted by Gasteiger charge is 2.19. The van der Waals surface area contributed by atoms with Gasteiger partial charge in [0.25, 0.3) is 0 Å². The Morgan fingerprint density at radius 1 is 1.33 bits per heavy atom. The molecule has 1 saturated carbocycles. The lowest BCUT2D eigenvalue weighted by molar-refractivity contribution is 0.506. The molecule has 1 aliphatic rings. The fourth-order valence-electron chi connectivity index (χ4n) is 1.99. The topological polar surface area (TPSA) is 20.3 Å². The molecule has 0 bridgehead atoms. The lowest BCUT2D eigenvalue weighted by Crippen LogP contribution is -2.18. The number of hydrogen-bond donors (Lipinski definition) is 0. The molecule has 1 fully saturated rings. The fourth-order valence-corrected chi connectivity index (χ4v) is 4.67. The zero-order valence-corrected chi connectivity index (χ0v) is 13.4. The first kappa shape index (κ1) is 15.8. The van der Waals surface area contributed by atoms with Crippen LogP contribution in [-0.2, 0) is 10.8 Å². The largest absolute Gasteiger partial charge is 0.372 e. The third kappa shape index (κ3) is 5.61. The summed E-state index contributed by atoms with van der Waals surface area (Å²) >= 11 is 1.75. The second kappa shape index (κ2) is 8.81. The van der Waals surface area contributed by atoms with Gasteiger partial charge in [-0.15, -0.1) is 11.8 Å². The molecule has 0 aromatic carbocycles. The number of allylic oxidation sites excluding steroid dienone is 1. The van der Waals surface area contributed by atoms with Gasteiger partial charge in [-0.25, -0.2) is 0 Å². The van der Waals surface area contributed by atoms with Gasteiger partial charge < -0.3 is 4.90 Å². The molecular weight excluding hydrogens is 262 g/mol. The third-order valence-corrected chi connectivity index (χ3v) is 5.97. The Hall–Kier alpha value is -0.220. The Kier molecular flexibility index (Phi) is 7.75. The molecule has 2 nitrogen and oxygen atoms in total. The van der Waals surface area contributed by atoms with Crippen LogP contribution in [0, 0.1) is 0 Å². The van der Waals surface area contributed by atoms with Crippen LogP contribution in [-0.4, -0.2) is 34.2 Å². The molecule has 1 rings (SSSR count). The summed E-state index contributed by atoms with van der Waals surface area (Å²) in [6.45, 7) is 2.03.